The van der Waals surface area contributed by atoms with Gasteiger partial charge < -0.3 is 4.74 Å². The zero-order chi connectivity index (χ0) is 11.8. The SMILES string of the molecule is C/C=C/CC(CC(=O)N(C)O)C(=O)OC. The molecule has 0 fully saturated rings. The van der Waals surface area contributed by atoms with Gasteiger partial charge in [-0.15, -0.1) is 0 Å². The summed E-state index contributed by atoms with van der Waals surface area (Å²) in [5.74, 6) is -1.48. The van der Waals surface area contributed by atoms with Gasteiger partial charge in [-0.2, -0.15) is 0 Å². The van der Waals surface area contributed by atoms with Crippen LogP contribution in [0.5, 0.6) is 0 Å². The van der Waals surface area contributed by atoms with Gasteiger partial charge >= 0.3 is 5.97 Å². The van der Waals surface area contributed by atoms with Gasteiger partial charge in [-0.05, 0) is 13.3 Å². The molecule has 0 aliphatic carbocycles. The van der Waals surface area contributed by atoms with Crippen molar-refractivity contribution in [1.29, 1.82) is 0 Å². The molecule has 0 aliphatic heterocycles. The zero-order valence-corrected chi connectivity index (χ0v) is 9.27. The fourth-order valence-electron chi connectivity index (χ4n) is 1.07. The Balaban J connectivity index is 4.36. The predicted octanol–water partition coefficient (Wildman–Crippen LogP) is 0.980. The Morgan fingerprint density at radius 1 is 1.53 bits per heavy atom. The number of allylic oxidation sites excluding steroid dienone is 2. The molecule has 0 bridgehead atoms. The third-order valence-electron chi connectivity index (χ3n) is 1.97. The van der Waals surface area contributed by atoms with Crippen molar-refractivity contribution >= 4 is 11.9 Å². The lowest BCUT2D eigenvalue weighted by Crippen LogP contribution is -2.28. The number of carbonyl (C=O) groups excluding carboxylic acids is 2. The molecule has 0 spiro atoms. The molecule has 5 heteroatoms. The lowest BCUT2D eigenvalue weighted by Gasteiger charge is -2.14. The van der Waals surface area contributed by atoms with E-state index in [1.165, 1.54) is 14.2 Å². The molecule has 15 heavy (non-hydrogen) atoms. The first kappa shape index (κ1) is 13.6. The third-order valence-corrected chi connectivity index (χ3v) is 1.97. The molecular weight excluding hydrogens is 198 g/mol. The number of hydroxylamine groups is 2. The molecule has 0 saturated heterocycles. The molecule has 0 heterocycles. The molecule has 5 nitrogen and oxygen atoms in total. The van der Waals surface area contributed by atoms with Crippen molar-refractivity contribution in [2.45, 2.75) is 19.8 Å². The first-order valence-electron chi connectivity index (χ1n) is 4.67. The highest BCUT2D eigenvalue weighted by Gasteiger charge is 2.22. The molecule has 1 unspecified atom stereocenters. The van der Waals surface area contributed by atoms with Crippen LogP contribution in [0.2, 0.25) is 0 Å². The van der Waals surface area contributed by atoms with Crippen molar-refractivity contribution < 1.29 is 19.5 Å². The Morgan fingerprint density at radius 3 is 2.53 bits per heavy atom. The van der Waals surface area contributed by atoms with Crippen molar-refractivity contribution in [3.8, 4) is 0 Å². The van der Waals surface area contributed by atoms with E-state index in [4.69, 9.17) is 5.21 Å². The molecule has 0 rings (SSSR count). The van der Waals surface area contributed by atoms with E-state index in [9.17, 15) is 9.59 Å². The van der Waals surface area contributed by atoms with Crippen molar-refractivity contribution in [2.75, 3.05) is 14.2 Å². The van der Waals surface area contributed by atoms with E-state index < -0.39 is 17.8 Å². The van der Waals surface area contributed by atoms with Gasteiger partial charge in [-0.1, -0.05) is 12.2 Å². The fourth-order valence-corrected chi connectivity index (χ4v) is 1.07. The van der Waals surface area contributed by atoms with E-state index in [0.717, 1.165) is 0 Å². The molecule has 0 saturated carbocycles. The molecule has 0 aromatic heterocycles. The average molecular weight is 215 g/mol. The maximum atomic E-state index is 11.3. The second-order valence-electron chi connectivity index (χ2n) is 3.15. The molecule has 1 atom stereocenters. The van der Waals surface area contributed by atoms with Crippen LogP contribution in [-0.2, 0) is 14.3 Å². The van der Waals surface area contributed by atoms with Crippen LogP contribution in [0, 0.1) is 5.92 Å². The number of hydrogen-bond donors (Lipinski definition) is 1. The number of rotatable bonds is 5. The van der Waals surface area contributed by atoms with E-state index >= 15 is 0 Å². The van der Waals surface area contributed by atoms with Crippen LogP contribution in [0.3, 0.4) is 0 Å². The van der Waals surface area contributed by atoms with E-state index in [1.807, 2.05) is 6.92 Å². The van der Waals surface area contributed by atoms with Gasteiger partial charge in [0.2, 0.25) is 5.91 Å². The van der Waals surface area contributed by atoms with Gasteiger partial charge in [0, 0.05) is 13.5 Å². The standard InChI is InChI=1S/C10H17NO4/c1-4-5-6-8(10(13)15-3)7-9(12)11(2)14/h4-5,8,14H,6-7H2,1-3H3/b5-4+. The van der Waals surface area contributed by atoms with E-state index in [0.29, 0.717) is 11.5 Å². The molecule has 86 valence electrons. The summed E-state index contributed by atoms with van der Waals surface area (Å²) in [5.41, 5.74) is 0. The number of ether oxygens (including phenoxy) is 1. The summed E-state index contributed by atoms with van der Waals surface area (Å²) in [7, 11) is 2.50. The highest BCUT2D eigenvalue weighted by Crippen LogP contribution is 2.12. The van der Waals surface area contributed by atoms with Crippen LogP contribution in [0.1, 0.15) is 19.8 Å². The summed E-state index contributed by atoms with van der Waals surface area (Å²) in [4.78, 5) is 22.4. The quantitative estimate of drug-likeness (QED) is 0.321. The minimum absolute atomic E-state index is 0.0516. The molecule has 0 aliphatic rings. The number of esters is 1. The number of hydrogen-bond acceptors (Lipinski definition) is 4. The normalized spacial score (nSPS) is 12.5. The van der Waals surface area contributed by atoms with Gasteiger partial charge in [0.15, 0.2) is 0 Å². The van der Waals surface area contributed by atoms with Crippen LogP contribution in [-0.4, -0.2) is 36.3 Å². The van der Waals surface area contributed by atoms with Crippen molar-refractivity contribution in [3.05, 3.63) is 12.2 Å². The van der Waals surface area contributed by atoms with E-state index in [2.05, 4.69) is 4.74 Å². The topological polar surface area (TPSA) is 66.8 Å². The summed E-state index contributed by atoms with van der Waals surface area (Å²) in [5, 5.41) is 9.34. The predicted molar refractivity (Wildman–Crippen MR) is 54.1 cm³/mol. The fraction of sp³-hybridized carbons (Fsp3) is 0.600. The number of amides is 1. The van der Waals surface area contributed by atoms with Crippen LogP contribution in [0.25, 0.3) is 0 Å². The van der Waals surface area contributed by atoms with Gasteiger partial charge in [0.25, 0.3) is 0 Å². The Bertz CT molecular complexity index is 248. The Hall–Kier alpha value is -1.36. The largest absolute Gasteiger partial charge is 0.469 e. The van der Waals surface area contributed by atoms with Gasteiger partial charge in [-0.3, -0.25) is 14.8 Å². The first-order valence-corrected chi connectivity index (χ1v) is 4.67. The van der Waals surface area contributed by atoms with Gasteiger partial charge in [0.05, 0.1) is 13.0 Å². The third kappa shape index (κ3) is 5.17. The maximum absolute atomic E-state index is 11.3. The molecular formula is C10H17NO4. The lowest BCUT2D eigenvalue weighted by molar-refractivity contribution is -0.163. The Morgan fingerprint density at radius 2 is 2.13 bits per heavy atom. The summed E-state index contributed by atoms with van der Waals surface area (Å²) >= 11 is 0. The average Bonchev–Trinajstić information content (AvgIpc) is 2.22. The molecule has 0 aromatic carbocycles. The molecule has 1 amide bonds. The summed E-state index contributed by atoms with van der Waals surface area (Å²) in [6.07, 6.45) is 3.96. The van der Waals surface area contributed by atoms with Crippen molar-refractivity contribution in [1.82, 2.24) is 5.06 Å². The smallest absolute Gasteiger partial charge is 0.309 e. The minimum atomic E-state index is -0.534. The van der Waals surface area contributed by atoms with Crippen LogP contribution in [0.4, 0.5) is 0 Å². The van der Waals surface area contributed by atoms with E-state index in [-0.39, 0.29) is 6.42 Å². The number of nitrogens with zero attached hydrogens (tertiary/aromatic N) is 1. The maximum Gasteiger partial charge on any atom is 0.309 e. The molecule has 0 aromatic rings. The molecule has 0 radical (unpaired) electrons. The molecule has 1 N–H and O–H groups in total. The zero-order valence-electron chi connectivity index (χ0n) is 9.27. The lowest BCUT2D eigenvalue weighted by atomic mass is 10.0. The summed E-state index contributed by atoms with van der Waals surface area (Å²) < 4.78 is 4.56. The number of methoxy groups -OCH3 is 1. The van der Waals surface area contributed by atoms with Crippen LogP contribution < -0.4 is 0 Å². The summed E-state index contributed by atoms with van der Waals surface area (Å²) in [6, 6.07) is 0. The van der Waals surface area contributed by atoms with Crippen molar-refractivity contribution in [3.63, 3.8) is 0 Å². The van der Waals surface area contributed by atoms with Crippen molar-refractivity contribution in [2.24, 2.45) is 5.92 Å². The highest BCUT2D eigenvalue weighted by molar-refractivity contribution is 5.82. The highest BCUT2D eigenvalue weighted by atomic mass is 16.5. The Kier molecular flexibility index (Phi) is 6.37. The van der Waals surface area contributed by atoms with Gasteiger partial charge in [-0.25, -0.2) is 5.06 Å². The first-order chi connectivity index (χ1) is 7.02. The summed E-state index contributed by atoms with van der Waals surface area (Å²) in [6.45, 7) is 1.83. The Labute approximate surface area is 89.3 Å². The second kappa shape index (κ2) is 7.00. The van der Waals surface area contributed by atoms with E-state index in [1.54, 1.807) is 12.2 Å². The monoisotopic (exact) mass is 215 g/mol. The minimum Gasteiger partial charge on any atom is -0.469 e. The van der Waals surface area contributed by atoms with Crippen LogP contribution >= 0.6 is 0 Å². The second-order valence-corrected chi connectivity index (χ2v) is 3.15. The van der Waals surface area contributed by atoms with Crippen LogP contribution in [0.15, 0.2) is 12.2 Å². The van der Waals surface area contributed by atoms with Gasteiger partial charge in [0.1, 0.15) is 0 Å². The number of carbonyl (C=O) groups is 2.